The molecule has 0 amide bonds. The normalized spacial score (nSPS) is 12.1. The number of benzene rings is 11. The molecule has 0 fully saturated rings. The Kier molecular flexibility index (Phi) is 7.43. The minimum absolute atomic E-state index is 1.14. The first kappa shape index (κ1) is 35.2. The van der Waals surface area contributed by atoms with Gasteiger partial charge in [0, 0.05) is 38.3 Å². The number of hydrogen-bond acceptors (Lipinski definition) is 0. The third-order valence-corrected chi connectivity index (χ3v) is 13.8. The van der Waals surface area contributed by atoms with Gasteiger partial charge in [-0.3, -0.25) is 0 Å². The summed E-state index contributed by atoms with van der Waals surface area (Å²) in [5.41, 5.74) is 19.7. The lowest BCUT2D eigenvalue weighted by Gasteiger charge is -2.12. The van der Waals surface area contributed by atoms with E-state index in [2.05, 4.69) is 240 Å². The molecular weight excluding hydrogens is 773 g/mol. The van der Waals surface area contributed by atoms with E-state index in [4.69, 9.17) is 0 Å². The molecule has 0 atom stereocenters. The zero-order valence-electron chi connectivity index (χ0n) is 34.8. The monoisotopic (exact) mass is 810 g/mol. The molecule has 296 valence electrons. The molecule has 2 heterocycles. The fourth-order valence-corrected chi connectivity index (χ4v) is 10.9. The summed E-state index contributed by atoms with van der Waals surface area (Å²) in [5, 5.41) is 10.2. The molecule has 0 bridgehead atoms. The molecule has 0 spiro atoms. The largest absolute Gasteiger partial charge is 0.309 e. The summed E-state index contributed by atoms with van der Waals surface area (Å²) in [6.07, 6.45) is 0. The Morgan fingerprint density at radius 1 is 0.234 bits per heavy atom. The van der Waals surface area contributed by atoms with E-state index in [9.17, 15) is 0 Å². The fraction of sp³-hybridized carbons (Fsp3) is 0. The summed E-state index contributed by atoms with van der Waals surface area (Å²) in [6, 6.07) is 85.3. The number of fused-ring (bicyclic) bond motifs is 11. The van der Waals surface area contributed by atoms with Gasteiger partial charge in [0.2, 0.25) is 0 Å². The number of aromatic nitrogens is 2. The van der Waals surface area contributed by atoms with Crippen molar-refractivity contribution in [3.8, 4) is 67.0 Å². The molecule has 0 aliphatic heterocycles. The zero-order chi connectivity index (χ0) is 41.9. The summed E-state index contributed by atoms with van der Waals surface area (Å²) in [5.74, 6) is 0. The average Bonchev–Trinajstić information content (AvgIpc) is 4.00. The topological polar surface area (TPSA) is 9.86 Å². The van der Waals surface area contributed by atoms with Crippen LogP contribution in [0.2, 0.25) is 0 Å². The lowest BCUT2D eigenvalue weighted by atomic mass is 9.95. The lowest BCUT2D eigenvalue weighted by Crippen LogP contribution is -1.95. The molecule has 1 aliphatic rings. The molecule has 0 unspecified atom stereocenters. The van der Waals surface area contributed by atoms with Crippen LogP contribution in [-0.4, -0.2) is 9.13 Å². The Balaban J connectivity index is 0.870. The maximum atomic E-state index is 2.45. The second kappa shape index (κ2) is 13.5. The Labute approximate surface area is 370 Å². The number of hydrogen-bond donors (Lipinski definition) is 0. The van der Waals surface area contributed by atoms with Crippen molar-refractivity contribution in [2.75, 3.05) is 0 Å². The van der Waals surface area contributed by atoms with Gasteiger partial charge in [-0.05, 0) is 132 Å². The minimum atomic E-state index is 1.14. The number of para-hydroxylation sites is 2. The molecule has 0 saturated carbocycles. The summed E-state index contributed by atoms with van der Waals surface area (Å²) in [4.78, 5) is 0. The molecular formula is C62H38N2. The lowest BCUT2D eigenvalue weighted by molar-refractivity contribution is 1.18. The van der Waals surface area contributed by atoms with Gasteiger partial charge in [-0.25, -0.2) is 0 Å². The van der Waals surface area contributed by atoms with Crippen molar-refractivity contribution in [2.45, 2.75) is 0 Å². The molecule has 14 rings (SSSR count). The maximum Gasteiger partial charge on any atom is 0.0619 e. The third kappa shape index (κ3) is 5.14. The van der Waals surface area contributed by atoms with Crippen LogP contribution in [-0.2, 0) is 0 Å². The van der Waals surface area contributed by atoms with Crippen LogP contribution in [0.25, 0.3) is 132 Å². The maximum absolute atomic E-state index is 2.45. The van der Waals surface area contributed by atoms with Crippen LogP contribution < -0.4 is 0 Å². The van der Waals surface area contributed by atoms with Crippen molar-refractivity contribution in [1.82, 2.24) is 9.13 Å². The highest BCUT2D eigenvalue weighted by Gasteiger charge is 2.22. The predicted octanol–water partition coefficient (Wildman–Crippen LogP) is 16.8. The Morgan fingerprint density at radius 2 is 0.812 bits per heavy atom. The van der Waals surface area contributed by atoms with Crippen LogP contribution in [0.4, 0.5) is 0 Å². The summed E-state index contributed by atoms with van der Waals surface area (Å²) in [6.45, 7) is 0. The van der Waals surface area contributed by atoms with Crippen molar-refractivity contribution in [3.05, 3.63) is 231 Å². The molecule has 2 heteroatoms. The van der Waals surface area contributed by atoms with Crippen LogP contribution in [0.3, 0.4) is 0 Å². The Morgan fingerprint density at radius 3 is 1.67 bits per heavy atom. The number of nitrogens with zero attached hydrogens (tertiary/aromatic N) is 2. The Bertz CT molecular complexity index is 4060. The van der Waals surface area contributed by atoms with E-state index >= 15 is 0 Å². The van der Waals surface area contributed by atoms with E-state index in [0.717, 1.165) is 11.4 Å². The highest BCUT2D eigenvalue weighted by molar-refractivity contribution is 6.20. The van der Waals surface area contributed by atoms with Gasteiger partial charge < -0.3 is 9.13 Å². The number of rotatable bonds is 5. The molecule has 11 aromatic carbocycles. The van der Waals surface area contributed by atoms with E-state index in [1.807, 2.05) is 0 Å². The van der Waals surface area contributed by atoms with Crippen molar-refractivity contribution in [3.63, 3.8) is 0 Å². The quantitative estimate of drug-likeness (QED) is 0.164. The standard InChI is InChI=1S/C62H38N2/c1-2-18-47(19-3-1)64-60-38-46(28-31-52(60)55-32-26-39-12-4-5-21-49(39)62(55)64)45-29-33-59-57(37-45)51-22-6-7-25-58(51)63(59)48-20-9-17-43(35-48)41-15-8-16-42(34-41)44-27-30-50-53-23-10-13-40-14-11-24-54(61(40)53)56(50)36-44/h1-38H. The van der Waals surface area contributed by atoms with E-state index in [1.54, 1.807) is 0 Å². The average molecular weight is 811 g/mol. The second-order valence-corrected chi connectivity index (χ2v) is 17.3. The smallest absolute Gasteiger partial charge is 0.0619 e. The molecule has 13 aromatic rings. The van der Waals surface area contributed by atoms with Crippen LogP contribution >= 0.6 is 0 Å². The van der Waals surface area contributed by atoms with Crippen molar-refractivity contribution in [2.24, 2.45) is 0 Å². The van der Waals surface area contributed by atoms with E-state index < -0.39 is 0 Å². The van der Waals surface area contributed by atoms with Crippen molar-refractivity contribution < 1.29 is 0 Å². The molecule has 64 heavy (non-hydrogen) atoms. The van der Waals surface area contributed by atoms with Gasteiger partial charge in [0.05, 0.1) is 22.1 Å². The predicted molar refractivity (Wildman–Crippen MR) is 271 cm³/mol. The van der Waals surface area contributed by atoms with Crippen LogP contribution in [0.1, 0.15) is 0 Å². The van der Waals surface area contributed by atoms with Crippen LogP contribution in [0.15, 0.2) is 231 Å². The minimum Gasteiger partial charge on any atom is -0.309 e. The Hall–Kier alpha value is -8.46. The highest BCUT2D eigenvalue weighted by Crippen LogP contribution is 2.48. The molecule has 0 saturated heterocycles. The fourth-order valence-electron chi connectivity index (χ4n) is 10.9. The van der Waals surface area contributed by atoms with Gasteiger partial charge >= 0.3 is 0 Å². The highest BCUT2D eigenvalue weighted by atomic mass is 15.0. The molecule has 0 radical (unpaired) electrons. The van der Waals surface area contributed by atoms with Gasteiger partial charge in [0.15, 0.2) is 0 Å². The van der Waals surface area contributed by atoms with Gasteiger partial charge in [0.1, 0.15) is 0 Å². The molecule has 0 N–H and O–H groups in total. The first-order valence-corrected chi connectivity index (χ1v) is 22.2. The van der Waals surface area contributed by atoms with Gasteiger partial charge in [-0.2, -0.15) is 0 Å². The molecule has 2 nitrogen and oxygen atoms in total. The van der Waals surface area contributed by atoms with E-state index in [0.29, 0.717) is 0 Å². The molecule has 2 aromatic heterocycles. The van der Waals surface area contributed by atoms with Crippen molar-refractivity contribution in [1.29, 1.82) is 0 Å². The second-order valence-electron chi connectivity index (χ2n) is 17.3. The van der Waals surface area contributed by atoms with Gasteiger partial charge in [-0.1, -0.05) is 170 Å². The third-order valence-electron chi connectivity index (χ3n) is 13.8. The zero-order valence-corrected chi connectivity index (χ0v) is 34.8. The first-order chi connectivity index (χ1) is 31.7. The van der Waals surface area contributed by atoms with E-state index in [1.165, 1.54) is 121 Å². The summed E-state index contributed by atoms with van der Waals surface area (Å²) < 4.78 is 4.89. The summed E-state index contributed by atoms with van der Waals surface area (Å²) in [7, 11) is 0. The summed E-state index contributed by atoms with van der Waals surface area (Å²) >= 11 is 0. The van der Waals surface area contributed by atoms with Gasteiger partial charge in [-0.15, -0.1) is 0 Å². The van der Waals surface area contributed by atoms with E-state index in [-0.39, 0.29) is 0 Å². The van der Waals surface area contributed by atoms with Crippen LogP contribution in [0, 0.1) is 0 Å². The van der Waals surface area contributed by atoms with Gasteiger partial charge in [0.25, 0.3) is 0 Å². The molecule has 1 aliphatic carbocycles. The van der Waals surface area contributed by atoms with Crippen LogP contribution in [0.5, 0.6) is 0 Å². The first-order valence-electron chi connectivity index (χ1n) is 22.2. The van der Waals surface area contributed by atoms with Crippen molar-refractivity contribution >= 4 is 65.2 Å². The SMILES string of the molecule is c1ccc(-n2c3cc(-c4ccc5c(c4)c4ccccc4n5-c4cccc(-c5cccc(-c6ccc7c(c6)-c6cccc8cccc-7c68)c5)c4)ccc3c3ccc4ccccc4c32)cc1.